The number of hydrogen-bond acceptors (Lipinski definition) is 5. The van der Waals surface area contributed by atoms with Gasteiger partial charge in [-0.3, -0.25) is 0 Å². The van der Waals surface area contributed by atoms with Crippen molar-refractivity contribution in [2.24, 2.45) is 5.18 Å². The van der Waals surface area contributed by atoms with Crippen LogP contribution < -0.4 is 10.5 Å². The lowest BCUT2D eigenvalue weighted by molar-refractivity contribution is 0.146. The first-order valence-corrected chi connectivity index (χ1v) is 4.12. The van der Waals surface area contributed by atoms with E-state index in [0.717, 1.165) is 0 Å². The van der Waals surface area contributed by atoms with Gasteiger partial charge in [0.15, 0.2) is 0 Å². The van der Waals surface area contributed by atoms with Crippen LogP contribution in [0.1, 0.15) is 0 Å². The van der Waals surface area contributed by atoms with E-state index in [9.17, 15) is 4.91 Å². The minimum absolute atomic E-state index is 0.194. The van der Waals surface area contributed by atoms with Gasteiger partial charge >= 0.3 is 0 Å². The van der Waals surface area contributed by atoms with Gasteiger partial charge in [0, 0.05) is 13.2 Å². The topological polar surface area (TPSA) is 73.9 Å². The van der Waals surface area contributed by atoms with Crippen molar-refractivity contribution in [2.75, 3.05) is 26.1 Å². The zero-order chi connectivity index (χ0) is 10.4. The fourth-order valence-corrected chi connectivity index (χ4v) is 0.935. The number of nitrogen functional groups attached to an aromatic ring is 1. The third-order valence-corrected chi connectivity index (χ3v) is 1.66. The fraction of sp³-hybridized carbons (Fsp3) is 0.333. The maximum absolute atomic E-state index is 10.3. The molecule has 0 fully saturated rings. The molecule has 0 heterocycles. The molecule has 2 N–H and O–H groups in total. The van der Waals surface area contributed by atoms with Crippen LogP contribution in [0.15, 0.2) is 23.4 Å². The second kappa shape index (κ2) is 5.18. The van der Waals surface area contributed by atoms with Crippen molar-refractivity contribution in [3.63, 3.8) is 0 Å². The van der Waals surface area contributed by atoms with E-state index in [4.69, 9.17) is 15.2 Å². The maximum atomic E-state index is 10.3. The van der Waals surface area contributed by atoms with Gasteiger partial charge in [0.05, 0.1) is 12.3 Å². The molecule has 1 aromatic carbocycles. The van der Waals surface area contributed by atoms with Crippen molar-refractivity contribution in [3.8, 4) is 5.75 Å². The number of nitroso groups, excluding NO2 is 1. The summed E-state index contributed by atoms with van der Waals surface area (Å²) in [6.07, 6.45) is 0. The quantitative estimate of drug-likeness (QED) is 0.441. The molecule has 0 unspecified atom stereocenters. The van der Waals surface area contributed by atoms with Gasteiger partial charge in [-0.2, -0.15) is 0 Å². The van der Waals surface area contributed by atoms with Gasteiger partial charge < -0.3 is 15.2 Å². The highest BCUT2D eigenvalue weighted by atomic mass is 16.5. The number of methoxy groups -OCH3 is 1. The predicted molar refractivity (Wildman–Crippen MR) is 53.7 cm³/mol. The molecule has 1 aromatic rings. The summed E-state index contributed by atoms with van der Waals surface area (Å²) in [4.78, 5) is 10.3. The molecule has 0 aliphatic heterocycles. The summed E-state index contributed by atoms with van der Waals surface area (Å²) in [5.74, 6) is 0.561. The molecule has 5 nitrogen and oxygen atoms in total. The Labute approximate surface area is 81.8 Å². The van der Waals surface area contributed by atoms with Gasteiger partial charge in [0.2, 0.25) is 0 Å². The third kappa shape index (κ3) is 2.70. The Kier molecular flexibility index (Phi) is 3.87. The lowest BCUT2D eigenvalue weighted by Gasteiger charge is -2.06. The Balaban J connectivity index is 2.64. The minimum Gasteiger partial charge on any atom is -0.491 e. The molecule has 0 aromatic heterocycles. The van der Waals surface area contributed by atoms with Gasteiger partial charge in [0.1, 0.15) is 18.0 Å². The molecule has 1 rings (SSSR count). The van der Waals surface area contributed by atoms with E-state index in [1.807, 2.05) is 0 Å². The van der Waals surface area contributed by atoms with Crippen LogP contribution in [0.25, 0.3) is 0 Å². The predicted octanol–water partition coefficient (Wildman–Crippen LogP) is 1.69. The number of hydrogen-bond donors (Lipinski definition) is 1. The molecule has 0 aliphatic rings. The van der Waals surface area contributed by atoms with E-state index in [0.29, 0.717) is 24.7 Å². The van der Waals surface area contributed by atoms with E-state index in [2.05, 4.69) is 5.18 Å². The van der Waals surface area contributed by atoms with Crippen LogP contribution in [0, 0.1) is 4.91 Å². The summed E-state index contributed by atoms with van der Waals surface area (Å²) >= 11 is 0. The van der Waals surface area contributed by atoms with Crippen molar-refractivity contribution in [1.82, 2.24) is 0 Å². The van der Waals surface area contributed by atoms with Crippen LogP contribution in [0.2, 0.25) is 0 Å². The molecule has 0 saturated carbocycles. The summed E-state index contributed by atoms with van der Waals surface area (Å²) in [7, 11) is 1.59. The molecule has 0 spiro atoms. The first kappa shape index (κ1) is 10.5. The Morgan fingerprint density at radius 3 is 2.86 bits per heavy atom. The molecule has 0 bridgehead atoms. The number of ether oxygens (including phenoxy) is 2. The standard InChI is InChI=1S/C9H12N2O3/c1-13-4-5-14-7-2-3-8(10)9(6-7)11-12/h2-3,6H,4-5,10H2,1H3. The Morgan fingerprint density at radius 2 is 2.21 bits per heavy atom. The maximum Gasteiger partial charge on any atom is 0.134 e. The number of nitrogens with two attached hydrogens (primary N) is 1. The summed E-state index contributed by atoms with van der Waals surface area (Å²) in [6, 6.07) is 4.76. The molecule has 76 valence electrons. The van der Waals surface area contributed by atoms with Crippen LogP contribution in [0.3, 0.4) is 0 Å². The highest BCUT2D eigenvalue weighted by Gasteiger charge is 2.01. The Bertz CT molecular complexity index is 315. The van der Waals surface area contributed by atoms with Crippen molar-refractivity contribution >= 4 is 11.4 Å². The molecule has 0 saturated heterocycles. The van der Waals surface area contributed by atoms with Gasteiger partial charge in [-0.1, -0.05) is 0 Å². The van der Waals surface area contributed by atoms with Crippen molar-refractivity contribution < 1.29 is 9.47 Å². The fourth-order valence-electron chi connectivity index (χ4n) is 0.935. The number of anilines is 1. The highest BCUT2D eigenvalue weighted by Crippen LogP contribution is 2.26. The summed E-state index contributed by atoms with van der Waals surface area (Å²) < 4.78 is 10.1. The average Bonchev–Trinajstić information content (AvgIpc) is 2.21. The van der Waals surface area contributed by atoms with Crippen molar-refractivity contribution in [2.45, 2.75) is 0 Å². The Morgan fingerprint density at radius 1 is 1.43 bits per heavy atom. The average molecular weight is 196 g/mol. The summed E-state index contributed by atoms with van der Waals surface area (Å²) in [6.45, 7) is 0.924. The van der Waals surface area contributed by atoms with Crippen LogP contribution in [0.4, 0.5) is 11.4 Å². The van der Waals surface area contributed by atoms with Gasteiger partial charge in [-0.25, -0.2) is 0 Å². The molecule has 14 heavy (non-hydrogen) atoms. The third-order valence-electron chi connectivity index (χ3n) is 1.66. The zero-order valence-electron chi connectivity index (χ0n) is 7.90. The summed E-state index contributed by atoms with van der Waals surface area (Å²) in [5, 5.41) is 2.77. The molecule has 0 amide bonds. The summed E-state index contributed by atoms with van der Waals surface area (Å²) in [5.41, 5.74) is 6.02. The number of benzene rings is 1. The normalized spacial score (nSPS) is 9.79. The molecule has 0 radical (unpaired) electrons. The van der Waals surface area contributed by atoms with E-state index < -0.39 is 0 Å². The number of rotatable bonds is 5. The van der Waals surface area contributed by atoms with E-state index in [1.54, 1.807) is 19.2 Å². The smallest absolute Gasteiger partial charge is 0.134 e. The molecule has 0 aliphatic carbocycles. The largest absolute Gasteiger partial charge is 0.491 e. The molecule has 5 heteroatoms. The first-order chi connectivity index (χ1) is 6.77. The van der Waals surface area contributed by atoms with E-state index in [-0.39, 0.29) is 5.69 Å². The monoisotopic (exact) mass is 196 g/mol. The van der Waals surface area contributed by atoms with E-state index in [1.165, 1.54) is 6.07 Å². The second-order valence-corrected chi connectivity index (χ2v) is 2.65. The van der Waals surface area contributed by atoms with Crippen LogP contribution in [0.5, 0.6) is 5.75 Å². The lowest BCUT2D eigenvalue weighted by Crippen LogP contribution is -2.04. The second-order valence-electron chi connectivity index (χ2n) is 2.65. The van der Waals surface area contributed by atoms with Gasteiger partial charge in [-0.15, -0.1) is 4.91 Å². The molecular formula is C9H12N2O3. The highest BCUT2D eigenvalue weighted by molar-refractivity contribution is 5.64. The van der Waals surface area contributed by atoms with Crippen molar-refractivity contribution in [1.29, 1.82) is 0 Å². The first-order valence-electron chi connectivity index (χ1n) is 4.12. The lowest BCUT2D eigenvalue weighted by atomic mass is 10.2. The van der Waals surface area contributed by atoms with Gasteiger partial charge in [0.25, 0.3) is 0 Å². The van der Waals surface area contributed by atoms with Crippen LogP contribution in [-0.2, 0) is 4.74 Å². The van der Waals surface area contributed by atoms with Crippen LogP contribution >= 0.6 is 0 Å². The van der Waals surface area contributed by atoms with Gasteiger partial charge in [-0.05, 0) is 17.3 Å². The zero-order valence-corrected chi connectivity index (χ0v) is 7.90. The molecule has 0 atom stereocenters. The Hall–Kier alpha value is -1.62. The minimum atomic E-state index is 0.194. The van der Waals surface area contributed by atoms with Crippen LogP contribution in [-0.4, -0.2) is 20.3 Å². The number of nitrogens with zero attached hydrogens (tertiary/aromatic N) is 1. The van der Waals surface area contributed by atoms with Crippen molar-refractivity contribution in [3.05, 3.63) is 23.1 Å². The SMILES string of the molecule is COCCOc1ccc(N)c(N=O)c1. The molecular weight excluding hydrogens is 184 g/mol. The van der Waals surface area contributed by atoms with E-state index >= 15 is 0 Å².